The van der Waals surface area contributed by atoms with Crippen LogP contribution in [0.1, 0.15) is 18.4 Å². The second-order valence-corrected chi connectivity index (χ2v) is 9.82. The first-order valence-electron chi connectivity index (χ1n) is 11.9. The summed E-state index contributed by atoms with van der Waals surface area (Å²) in [6.07, 6.45) is -0.0124. The van der Waals surface area contributed by atoms with Crippen LogP contribution in [0.2, 0.25) is 0 Å². The molecule has 2 aromatic carbocycles. The first kappa shape index (κ1) is 25.9. The van der Waals surface area contributed by atoms with E-state index in [4.69, 9.17) is 10.8 Å². The van der Waals surface area contributed by atoms with Gasteiger partial charge in [0, 0.05) is 19.2 Å². The van der Waals surface area contributed by atoms with Crippen LogP contribution in [0.4, 0.5) is 5.69 Å². The number of amides is 1. The van der Waals surface area contributed by atoms with Crippen LogP contribution in [0.25, 0.3) is 22.2 Å². The molecule has 0 aliphatic carbocycles. The Morgan fingerprint density at radius 1 is 1.13 bits per heavy atom. The minimum atomic E-state index is -1.16. The standard InChI is InChI=1S/C25H24N8O5S/c1-32-20-19(21(35)31-24(32)38)33(12-13-5-3-2-4-6-13)25(30-20)39-23-28-16-9-7-14(11-17(16)29-23)27-18(34)10-8-15(26)22(36)37/h2-7,9,11,15H,8,10,12,26H2,1H3,(H,27,34)(H,28,29)(H,36,37)(H,31,35,38)/t15-/m1/s1. The van der Waals surface area contributed by atoms with Gasteiger partial charge in [-0.15, -0.1) is 0 Å². The quantitative estimate of drug-likeness (QED) is 0.182. The maximum absolute atomic E-state index is 12.8. The van der Waals surface area contributed by atoms with E-state index in [1.807, 2.05) is 30.3 Å². The molecule has 0 bridgehead atoms. The Balaban J connectivity index is 1.44. The zero-order valence-electron chi connectivity index (χ0n) is 20.7. The van der Waals surface area contributed by atoms with Crippen molar-refractivity contribution in [2.45, 2.75) is 35.7 Å². The van der Waals surface area contributed by atoms with Crippen LogP contribution >= 0.6 is 11.8 Å². The summed E-state index contributed by atoms with van der Waals surface area (Å²) < 4.78 is 3.04. The van der Waals surface area contributed by atoms with E-state index in [1.165, 1.54) is 16.3 Å². The van der Waals surface area contributed by atoms with Gasteiger partial charge in [0.15, 0.2) is 21.5 Å². The van der Waals surface area contributed by atoms with Gasteiger partial charge in [0.25, 0.3) is 5.56 Å². The highest BCUT2D eigenvalue weighted by Crippen LogP contribution is 2.30. The maximum atomic E-state index is 12.8. The Bertz CT molecular complexity index is 1820. The van der Waals surface area contributed by atoms with E-state index in [-0.39, 0.29) is 29.9 Å². The van der Waals surface area contributed by atoms with E-state index in [0.29, 0.717) is 33.6 Å². The van der Waals surface area contributed by atoms with Crippen molar-refractivity contribution in [3.05, 3.63) is 74.9 Å². The van der Waals surface area contributed by atoms with Crippen LogP contribution in [-0.4, -0.2) is 52.1 Å². The van der Waals surface area contributed by atoms with Gasteiger partial charge in [-0.05, 0) is 41.9 Å². The number of nitrogens with two attached hydrogens (primary N) is 1. The van der Waals surface area contributed by atoms with Gasteiger partial charge in [-0.1, -0.05) is 30.3 Å². The van der Waals surface area contributed by atoms with Crippen LogP contribution in [0.3, 0.4) is 0 Å². The highest BCUT2D eigenvalue weighted by Gasteiger charge is 2.20. The number of fused-ring (bicyclic) bond motifs is 2. The molecule has 200 valence electrons. The summed E-state index contributed by atoms with van der Waals surface area (Å²) in [6, 6.07) is 13.6. The van der Waals surface area contributed by atoms with Crippen molar-refractivity contribution in [1.82, 2.24) is 29.1 Å². The number of hydrogen-bond acceptors (Lipinski definition) is 8. The highest BCUT2D eigenvalue weighted by molar-refractivity contribution is 7.99. The first-order valence-corrected chi connectivity index (χ1v) is 12.7. The van der Waals surface area contributed by atoms with E-state index in [0.717, 1.165) is 5.56 Å². The number of nitrogens with one attached hydrogen (secondary N) is 3. The Morgan fingerprint density at radius 2 is 1.90 bits per heavy atom. The largest absolute Gasteiger partial charge is 0.480 e. The Kier molecular flexibility index (Phi) is 7.04. The van der Waals surface area contributed by atoms with Crippen molar-refractivity contribution in [3.63, 3.8) is 0 Å². The summed E-state index contributed by atoms with van der Waals surface area (Å²) >= 11 is 1.20. The summed E-state index contributed by atoms with van der Waals surface area (Å²) in [6.45, 7) is 0.350. The number of aliphatic carboxylic acids is 1. The lowest BCUT2D eigenvalue weighted by atomic mass is 10.1. The normalized spacial score (nSPS) is 12.2. The number of carboxylic acids is 1. The minimum Gasteiger partial charge on any atom is -0.480 e. The fourth-order valence-corrected chi connectivity index (χ4v) is 4.91. The molecule has 3 aromatic heterocycles. The van der Waals surface area contributed by atoms with E-state index in [2.05, 4.69) is 25.3 Å². The third-order valence-electron chi connectivity index (χ3n) is 6.09. The molecule has 14 heteroatoms. The molecule has 0 radical (unpaired) electrons. The van der Waals surface area contributed by atoms with Crippen LogP contribution in [0.5, 0.6) is 0 Å². The van der Waals surface area contributed by atoms with Gasteiger partial charge in [-0.25, -0.2) is 14.8 Å². The molecule has 5 aromatic rings. The number of carboxylic acid groups (broad SMARTS) is 1. The molecule has 0 unspecified atom stereocenters. The molecule has 1 amide bonds. The van der Waals surface area contributed by atoms with Crippen LogP contribution in [-0.2, 0) is 23.2 Å². The zero-order valence-corrected chi connectivity index (χ0v) is 21.5. The monoisotopic (exact) mass is 548 g/mol. The van der Waals surface area contributed by atoms with E-state index in [1.54, 1.807) is 29.8 Å². The number of H-pyrrole nitrogens is 2. The van der Waals surface area contributed by atoms with Crippen molar-refractivity contribution in [3.8, 4) is 0 Å². The Labute approximate surface area is 224 Å². The van der Waals surface area contributed by atoms with E-state index < -0.39 is 23.3 Å². The molecule has 1 atom stereocenters. The fraction of sp³-hybridized carbons (Fsp3) is 0.200. The predicted molar refractivity (Wildman–Crippen MR) is 145 cm³/mol. The molecule has 39 heavy (non-hydrogen) atoms. The molecule has 0 spiro atoms. The van der Waals surface area contributed by atoms with E-state index >= 15 is 0 Å². The SMILES string of the molecule is Cn1c(=O)[nH]c(=O)c2c1nc(Sc1nc3ccc(NC(=O)CC[C@@H](N)C(=O)O)cc3[nH]1)n2Cc1ccccc1. The van der Waals surface area contributed by atoms with Crippen LogP contribution < -0.4 is 22.3 Å². The molecule has 0 saturated carbocycles. The zero-order chi connectivity index (χ0) is 27.7. The van der Waals surface area contributed by atoms with Gasteiger partial charge in [-0.3, -0.25) is 23.9 Å². The van der Waals surface area contributed by atoms with Crippen LogP contribution in [0.15, 0.2) is 68.4 Å². The van der Waals surface area contributed by atoms with Crippen molar-refractivity contribution >= 4 is 51.5 Å². The summed E-state index contributed by atoms with van der Waals surface area (Å²) in [7, 11) is 1.54. The lowest BCUT2D eigenvalue weighted by molar-refractivity contribution is -0.138. The van der Waals surface area contributed by atoms with Gasteiger partial charge < -0.3 is 25.7 Å². The third-order valence-corrected chi connectivity index (χ3v) is 6.97. The van der Waals surface area contributed by atoms with Gasteiger partial charge >= 0.3 is 11.7 Å². The minimum absolute atomic E-state index is 0.0205. The number of carbonyl (C=O) groups is 2. The molecule has 0 fully saturated rings. The number of anilines is 1. The first-order chi connectivity index (χ1) is 18.7. The average Bonchev–Trinajstić information content (AvgIpc) is 3.47. The number of benzene rings is 2. The second kappa shape index (κ2) is 10.6. The molecular formula is C25H24N8O5S. The number of imidazole rings is 2. The summed E-state index contributed by atoms with van der Waals surface area (Å²) in [5.41, 5.74) is 7.64. The molecule has 3 heterocycles. The molecule has 0 aliphatic rings. The lowest BCUT2D eigenvalue weighted by Crippen LogP contribution is -2.31. The topological polar surface area (TPSA) is 194 Å². The highest BCUT2D eigenvalue weighted by atomic mass is 32.2. The average molecular weight is 549 g/mol. The lowest BCUT2D eigenvalue weighted by Gasteiger charge is -2.08. The molecular weight excluding hydrogens is 524 g/mol. The predicted octanol–water partition coefficient (Wildman–Crippen LogP) is 1.63. The smallest absolute Gasteiger partial charge is 0.329 e. The summed E-state index contributed by atoms with van der Waals surface area (Å²) in [4.78, 5) is 62.8. The third kappa shape index (κ3) is 5.46. The number of hydrogen-bond donors (Lipinski definition) is 5. The molecule has 0 aliphatic heterocycles. The van der Waals surface area contributed by atoms with Crippen LogP contribution in [0, 0.1) is 0 Å². The number of carbonyl (C=O) groups excluding carboxylic acids is 1. The number of aryl methyl sites for hydroxylation is 1. The second-order valence-electron chi connectivity index (χ2n) is 8.86. The molecule has 13 nitrogen and oxygen atoms in total. The van der Waals surface area contributed by atoms with Crippen molar-refractivity contribution in [2.24, 2.45) is 12.8 Å². The maximum Gasteiger partial charge on any atom is 0.329 e. The Hall–Kier alpha value is -4.69. The van der Waals surface area contributed by atoms with Gasteiger partial charge in [-0.2, -0.15) is 0 Å². The molecule has 0 saturated heterocycles. The Morgan fingerprint density at radius 3 is 2.64 bits per heavy atom. The van der Waals surface area contributed by atoms with Crippen molar-refractivity contribution in [1.29, 1.82) is 0 Å². The van der Waals surface area contributed by atoms with Crippen molar-refractivity contribution in [2.75, 3.05) is 5.32 Å². The summed E-state index contributed by atoms with van der Waals surface area (Å²) in [5, 5.41) is 12.6. The van der Waals surface area contributed by atoms with Gasteiger partial charge in [0.05, 0.1) is 17.6 Å². The van der Waals surface area contributed by atoms with Gasteiger partial charge in [0.2, 0.25) is 5.91 Å². The number of nitrogens with zero attached hydrogens (tertiary/aromatic N) is 4. The molecule has 5 rings (SSSR count). The number of rotatable bonds is 9. The molecule has 6 N–H and O–H groups in total. The summed E-state index contributed by atoms with van der Waals surface area (Å²) in [5.74, 6) is -1.51. The number of aromatic amines is 2. The van der Waals surface area contributed by atoms with Crippen molar-refractivity contribution < 1.29 is 14.7 Å². The fourth-order valence-electron chi connectivity index (χ4n) is 4.04. The van der Waals surface area contributed by atoms with Gasteiger partial charge in [0.1, 0.15) is 6.04 Å². The van der Waals surface area contributed by atoms with E-state index in [9.17, 15) is 19.2 Å². The number of aromatic nitrogens is 6.